The van der Waals surface area contributed by atoms with E-state index in [0.717, 1.165) is 0 Å². The van der Waals surface area contributed by atoms with Gasteiger partial charge in [-0.05, 0) is 6.07 Å². The number of aliphatic hydroxyl groups is 2. The molecule has 1 aliphatic rings. The van der Waals surface area contributed by atoms with Gasteiger partial charge in [0.2, 0.25) is 0 Å². The molecule has 0 aromatic carbocycles. The van der Waals surface area contributed by atoms with Crippen LogP contribution in [0.25, 0.3) is 22.2 Å². The smallest absolute Gasteiger partial charge is 0.756 e. The number of furan rings is 1. The van der Waals surface area contributed by atoms with Crippen LogP contribution in [0.15, 0.2) is 35.5 Å². The summed E-state index contributed by atoms with van der Waals surface area (Å²) in [5.41, 5.74) is 7.63. The molecule has 1 fully saturated rings. The third kappa shape index (κ3) is 4.28. The van der Waals surface area contributed by atoms with Gasteiger partial charge in [-0.3, -0.25) is 4.57 Å². The minimum absolute atomic E-state index is 0. The SMILES string of the molecule is Nc1ncnc2c1c(-c1ccoc1)cn2[C@@H]1O[C@H](COP(=O)([O-])O)[C@@H](O)[C@H]1O.[Na+]. The molecule has 3 aromatic rings. The van der Waals surface area contributed by atoms with E-state index in [2.05, 4.69) is 14.5 Å². The van der Waals surface area contributed by atoms with Gasteiger partial charge in [0.1, 0.15) is 36.1 Å². The van der Waals surface area contributed by atoms with Gasteiger partial charge in [-0.1, -0.05) is 0 Å². The maximum absolute atomic E-state index is 10.8. The number of phosphoric ester groups is 1. The van der Waals surface area contributed by atoms with Crippen LogP contribution in [0.4, 0.5) is 5.82 Å². The Kier molecular flexibility index (Phi) is 6.51. The first-order valence-corrected chi connectivity index (χ1v) is 9.59. The summed E-state index contributed by atoms with van der Waals surface area (Å²) in [5, 5.41) is 21.1. The third-order valence-corrected chi connectivity index (χ3v) is 4.96. The standard InChI is InChI=1S/C15H17N4O8P.Na/c16-13-10-8(7-1-2-25-4-7)3-19(14(10)18-6-17-13)15-12(21)11(20)9(27-15)5-26-28(22,23)24;/h1-4,6,9,11-12,15,20-21H,5H2,(H2,16,17,18)(H2,22,23,24);/q;+1/p-1/t9-,11-,12-,15-;/m1./s1. The van der Waals surface area contributed by atoms with Crippen molar-refractivity contribution in [3.63, 3.8) is 0 Å². The topological polar surface area (TPSA) is 189 Å². The second-order valence-electron chi connectivity index (χ2n) is 6.23. The number of nitrogens with two attached hydrogens (primary N) is 1. The summed E-state index contributed by atoms with van der Waals surface area (Å²) in [6, 6.07) is 1.70. The zero-order chi connectivity index (χ0) is 20.1. The Labute approximate surface area is 185 Å². The molecule has 1 unspecified atom stereocenters. The first-order chi connectivity index (χ1) is 13.3. The Morgan fingerprint density at radius 2 is 2.10 bits per heavy atom. The number of nitrogens with zero attached hydrogens (tertiary/aromatic N) is 3. The molecule has 12 nitrogen and oxygen atoms in total. The number of aromatic nitrogens is 3. The number of aliphatic hydroxyl groups excluding tert-OH is 2. The minimum atomic E-state index is -5.01. The average molecular weight is 434 g/mol. The summed E-state index contributed by atoms with van der Waals surface area (Å²) in [4.78, 5) is 27.7. The van der Waals surface area contributed by atoms with E-state index in [0.29, 0.717) is 22.2 Å². The van der Waals surface area contributed by atoms with E-state index in [1.54, 1.807) is 12.3 Å². The first-order valence-electron chi connectivity index (χ1n) is 8.10. The fourth-order valence-electron chi connectivity index (χ4n) is 3.20. The predicted octanol–water partition coefficient (Wildman–Crippen LogP) is -3.63. The predicted molar refractivity (Wildman–Crippen MR) is 91.3 cm³/mol. The zero-order valence-electron chi connectivity index (χ0n) is 15.2. The molecule has 0 spiro atoms. The van der Waals surface area contributed by atoms with E-state index in [1.165, 1.54) is 23.4 Å². The van der Waals surface area contributed by atoms with E-state index < -0.39 is 39.0 Å². The molecule has 5 N–H and O–H groups in total. The van der Waals surface area contributed by atoms with Crippen molar-refractivity contribution in [2.45, 2.75) is 24.5 Å². The van der Waals surface area contributed by atoms with Gasteiger partial charge in [-0.25, -0.2) is 9.97 Å². The molecule has 0 aliphatic carbocycles. The Morgan fingerprint density at radius 1 is 1.34 bits per heavy atom. The monoisotopic (exact) mass is 434 g/mol. The quantitative estimate of drug-likeness (QED) is 0.229. The molecular formula is C15H16N4NaO8P. The minimum Gasteiger partial charge on any atom is -0.756 e. The van der Waals surface area contributed by atoms with Crippen molar-refractivity contribution in [2.24, 2.45) is 0 Å². The molecule has 150 valence electrons. The van der Waals surface area contributed by atoms with Crippen molar-refractivity contribution < 1.29 is 67.8 Å². The normalized spacial score (nSPS) is 26.3. The Hall–Kier alpha value is -1.31. The molecule has 3 aromatic heterocycles. The fraction of sp³-hybridized carbons (Fsp3) is 0.333. The van der Waals surface area contributed by atoms with Crippen molar-refractivity contribution >= 4 is 24.7 Å². The Balaban J connectivity index is 0.00000240. The molecule has 4 rings (SSSR count). The maximum Gasteiger partial charge on any atom is 1.00 e. The number of fused-ring (bicyclic) bond motifs is 1. The van der Waals surface area contributed by atoms with Crippen LogP contribution in [-0.2, 0) is 13.8 Å². The van der Waals surface area contributed by atoms with Crippen molar-refractivity contribution in [3.05, 3.63) is 31.1 Å². The summed E-state index contributed by atoms with van der Waals surface area (Å²) >= 11 is 0. The Bertz CT molecular complexity index is 1040. The number of anilines is 1. The van der Waals surface area contributed by atoms with Crippen molar-refractivity contribution in [1.29, 1.82) is 0 Å². The summed E-state index contributed by atoms with van der Waals surface area (Å²) in [6.07, 6.45) is 0.602. The number of rotatable bonds is 5. The van der Waals surface area contributed by atoms with Crippen molar-refractivity contribution in [1.82, 2.24) is 14.5 Å². The number of hydrogen-bond acceptors (Lipinski definition) is 10. The number of phosphoric acid groups is 1. The van der Waals surface area contributed by atoms with E-state index in [-0.39, 0.29) is 35.4 Å². The van der Waals surface area contributed by atoms with Gasteiger partial charge < -0.3 is 44.0 Å². The number of nitrogen functional groups attached to an aromatic ring is 1. The van der Waals surface area contributed by atoms with Gasteiger partial charge in [-0.2, -0.15) is 0 Å². The maximum atomic E-state index is 10.8. The van der Waals surface area contributed by atoms with Crippen LogP contribution in [-0.4, -0.2) is 54.6 Å². The average Bonchev–Trinajstić information content (AvgIpc) is 3.33. The summed E-state index contributed by atoms with van der Waals surface area (Å²) in [7, 11) is -5.01. The molecule has 4 heterocycles. The molecule has 29 heavy (non-hydrogen) atoms. The summed E-state index contributed by atoms with van der Waals surface area (Å²) in [5.74, 6) is 0.195. The van der Waals surface area contributed by atoms with Crippen LogP contribution in [0.1, 0.15) is 6.23 Å². The van der Waals surface area contributed by atoms with Crippen LogP contribution in [0.2, 0.25) is 0 Å². The van der Waals surface area contributed by atoms with E-state index >= 15 is 0 Å². The molecule has 5 atom stereocenters. The van der Waals surface area contributed by atoms with E-state index in [9.17, 15) is 19.7 Å². The molecule has 0 bridgehead atoms. The van der Waals surface area contributed by atoms with Gasteiger partial charge in [0.05, 0.1) is 24.5 Å². The largest absolute Gasteiger partial charge is 1.00 e. The first kappa shape index (κ1) is 22.4. The third-order valence-electron chi connectivity index (χ3n) is 4.48. The van der Waals surface area contributed by atoms with Crippen LogP contribution < -0.4 is 40.2 Å². The molecule has 0 amide bonds. The van der Waals surface area contributed by atoms with Gasteiger partial charge in [0, 0.05) is 17.3 Å². The molecule has 14 heteroatoms. The fourth-order valence-corrected chi connectivity index (χ4v) is 3.54. The van der Waals surface area contributed by atoms with Crippen LogP contribution in [0.5, 0.6) is 0 Å². The molecule has 0 saturated carbocycles. The molecule has 1 aliphatic heterocycles. The van der Waals surface area contributed by atoms with Crippen molar-refractivity contribution in [2.75, 3.05) is 12.3 Å². The number of hydrogen-bond donors (Lipinski definition) is 4. The summed E-state index contributed by atoms with van der Waals surface area (Å²) in [6.45, 7) is -0.670. The van der Waals surface area contributed by atoms with Gasteiger partial charge in [0.15, 0.2) is 6.23 Å². The van der Waals surface area contributed by atoms with Gasteiger partial charge in [0.25, 0.3) is 7.82 Å². The second-order valence-corrected chi connectivity index (χ2v) is 7.43. The van der Waals surface area contributed by atoms with E-state index in [1.807, 2.05) is 0 Å². The van der Waals surface area contributed by atoms with Crippen LogP contribution >= 0.6 is 7.82 Å². The molecular weight excluding hydrogens is 418 g/mol. The van der Waals surface area contributed by atoms with Gasteiger partial charge >= 0.3 is 29.6 Å². The van der Waals surface area contributed by atoms with Gasteiger partial charge in [-0.15, -0.1) is 0 Å². The second kappa shape index (κ2) is 8.44. The zero-order valence-corrected chi connectivity index (χ0v) is 18.0. The van der Waals surface area contributed by atoms with E-state index in [4.69, 9.17) is 19.8 Å². The molecule has 1 saturated heterocycles. The molecule has 0 radical (unpaired) electrons. The van der Waals surface area contributed by atoms with Crippen LogP contribution in [0, 0.1) is 0 Å². The number of ether oxygens (including phenoxy) is 1. The van der Waals surface area contributed by atoms with Crippen molar-refractivity contribution in [3.8, 4) is 11.1 Å². The Morgan fingerprint density at radius 3 is 2.76 bits per heavy atom. The van der Waals surface area contributed by atoms with Crippen LogP contribution in [0.3, 0.4) is 0 Å². The summed E-state index contributed by atoms with van der Waals surface area (Å²) < 4.78 is 27.2.